The van der Waals surface area contributed by atoms with Gasteiger partial charge < -0.3 is 14.5 Å². The van der Waals surface area contributed by atoms with Crippen LogP contribution in [0, 0.1) is 5.41 Å². The Kier molecular flexibility index (Phi) is 6.16. The molecule has 186 valence electrons. The molecule has 0 unspecified atom stereocenters. The first-order valence-electron chi connectivity index (χ1n) is 12.9. The predicted octanol–water partition coefficient (Wildman–Crippen LogP) is 2.91. The van der Waals surface area contributed by atoms with E-state index in [0.717, 1.165) is 25.3 Å². The van der Waals surface area contributed by atoms with Crippen molar-refractivity contribution in [3.05, 3.63) is 12.4 Å². The number of nitrogens with zero attached hydrogens (tertiary/aromatic N) is 6. The van der Waals surface area contributed by atoms with Crippen LogP contribution in [0.25, 0.3) is 0 Å². The van der Waals surface area contributed by atoms with Crippen LogP contribution in [-0.2, 0) is 9.53 Å². The number of aromatic nitrogens is 2. The topological polar surface area (TPSA) is 82.1 Å². The largest absolute Gasteiger partial charge is 0.444 e. The Labute approximate surface area is 202 Å². The van der Waals surface area contributed by atoms with Crippen LogP contribution in [0.3, 0.4) is 0 Å². The molecule has 9 nitrogen and oxygen atoms in total. The molecule has 5 heterocycles. The second-order valence-electron chi connectivity index (χ2n) is 11.3. The highest BCUT2D eigenvalue weighted by molar-refractivity contribution is 5.99. The number of rotatable bonds is 3. The molecule has 1 spiro atoms. The molecule has 0 bridgehead atoms. The third-order valence-corrected chi connectivity index (χ3v) is 7.93. The average molecular weight is 471 g/mol. The van der Waals surface area contributed by atoms with Gasteiger partial charge >= 0.3 is 6.09 Å². The van der Waals surface area contributed by atoms with Crippen LogP contribution in [-0.4, -0.2) is 89.2 Å². The first-order chi connectivity index (χ1) is 16.2. The molecule has 5 rings (SSSR count). The molecule has 0 radical (unpaired) electrons. The van der Waals surface area contributed by atoms with Crippen LogP contribution in [0.2, 0.25) is 0 Å². The molecule has 9 heteroatoms. The monoisotopic (exact) mass is 470 g/mol. The van der Waals surface area contributed by atoms with Crippen LogP contribution >= 0.6 is 0 Å². The molecule has 4 aliphatic heterocycles. The normalized spacial score (nSPS) is 25.6. The maximum Gasteiger partial charge on any atom is 0.410 e. The summed E-state index contributed by atoms with van der Waals surface area (Å²) in [6.45, 7) is 11.8. The smallest absolute Gasteiger partial charge is 0.410 e. The van der Waals surface area contributed by atoms with Crippen LogP contribution in [0.5, 0.6) is 0 Å². The van der Waals surface area contributed by atoms with Gasteiger partial charge in [-0.05, 0) is 72.4 Å². The summed E-state index contributed by atoms with van der Waals surface area (Å²) in [5.41, 5.74) is -0.919. The van der Waals surface area contributed by atoms with Crippen LogP contribution in [0.1, 0.15) is 59.3 Å². The quantitative estimate of drug-likeness (QED) is 0.672. The molecular formula is C25H38N6O3. The highest BCUT2D eigenvalue weighted by Crippen LogP contribution is 2.43. The number of hydrogen-bond donors (Lipinski definition) is 0. The van der Waals surface area contributed by atoms with Gasteiger partial charge in [-0.2, -0.15) is 0 Å². The van der Waals surface area contributed by atoms with Crippen molar-refractivity contribution in [1.82, 2.24) is 19.8 Å². The second kappa shape index (κ2) is 8.98. The lowest BCUT2D eigenvalue weighted by Gasteiger charge is -2.38. The summed E-state index contributed by atoms with van der Waals surface area (Å²) in [5, 5.41) is 0. The van der Waals surface area contributed by atoms with Crippen molar-refractivity contribution in [2.24, 2.45) is 5.41 Å². The van der Waals surface area contributed by atoms with Crippen molar-refractivity contribution in [1.29, 1.82) is 0 Å². The van der Waals surface area contributed by atoms with Crippen LogP contribution in [0.15, 0.2) is 12.4 Å². The van der Waals surface area contributed by atoms with Crippen LogP contribution in [0.4, 0.5) is 16.4 Å². The Morgan fingerprint density at radius 2 is 1.62 bits per heavy atom. The lowest BCUT2D eigenvalue weighted by molar-refractivity contribution is -0.128. The molecular weight excluding hydrogens is 432 g/mol. The number of piperidine rings is 1. The van der Waals surface area contributed by atoms with Crippen molar-refractivity contribution in [2.45, 2.75) is 70.9 Å². The fourth-order valence-corrected chi connectivity index (χ4v) is 5.92. The Morgan fingerprint density at radius 1 is 0.971 bits per heavy atom. The molecule has 0 saturated carbocycles. The van der Waals surface area contributed by atoms with E-state index in [9.17, 15) is 9.59 Å². The summed E-state index contributed by atoms with van der Waals surface area (Å²) in [6.07, 6.45) is 9.22. The summed E-state index contributed by atoms with van der Waals surface area (Å²) in [5.74, 6) is 1.65. The molecule has 0 N–H and O–H groups in total. The summed E-state index contributed by atoms with van der Waals surface area (Å²) in [7, 11) is 0. The van der Waals surface area contributed by atoms with Gasteiger partial charge in [-0.15, -0.1) is 0 Å². The SMILES string of the molecule is CC(C)(C)OC(=O)N1CCC2(CC1)CCN(c1cnc(N3CC[C@H](N4CCCC4)C3)cn1)C2=O. The number of carbonyl (C=O) groups excluding carboxylic acids is 2. The summed E-state index contributed by atoms with van der Waals surface area (Å²) in [6, 6.07) is 0.621. The van der Waals surface area contributed by atoms with Crippen molar-refractivity contribution >= 4 is 23.6 Å². The first-order valence-corrected chi connectivity index (χ1v) is 12.9. The van der Waals surface area contributed by atoms with Gasteiger partial charge in [0.25, 0.3) is 0 Å². The van der Waals surface area contributed by atoms with E-state index < -0.39 is 11.0 Å². The zero-order valence-electron chi connectivity index (χ0n) is 20.8. The molecule has 0 aliphatic carbocycles. The minimum absolute atomic E-state index is 0.119. The third-order valence-electron chi connectivity index (χ3n) is 7.93. The molecule has 4 fully saturated rings. The average Bonchev–Trinajstić information content (AvgIpc) is 3.55. The summed E-state index contributed by atoms with van der Waals surface area (Å²) < 4.78 is 5.50. The van der Waals surface area contributed by atoms with Gasteiger partial charge in [0, 0.05) is 38.8 Å². The lowest BCUT2D eigenvalue weighted by atomic mass is 9.77. The molecule has 2 amide bonds. The number of amides is 2. The van der Waals surface area contributed by atoms with Crippen molar-refractivity contribution in [3.8, 4) is 0 Å². The zero-order valence-corrected chi connectivity index (χ0v) is 20.8. The van der Waals surface area contributed by atoms with Crippen molar-refractivity contribution in [3.63, 3.8) is 0 Å². The lowest BCUT2D eigenvalue weighted by Crippen LogP contribution is -2.48. The fraction of sp³-hybridized carbons (Fsp3) is 0.760. The number of carbonyl (C=O) groups is 2. The van der Waals surface area contributed by atoms with Crippen molar-refractivity contribution < 1.29 is 14.3 Å². The molecule has 1 aromatic heterocycles. The van der Waals surface area contributed by atoms with E-state index in [1.54, 1.807) is 16.0 Å². The predicted molar refractivity (Wildman–Crippen MR) is 130 cm³/mol. The van der Waals surface area contributed by atoms with Gasteiger partial charge in [0.05, 0.1) is 17.8 Å². The Bertz CT molecular complexity index is 900. The van der Waals surface area contributed by atoms with E-state index in [0.29, 0.717) is 44.3 Å². The molecule has 0 aromatic carbocycles. The molecule has 1 atom stereocenters. The van der Waals surface area contributed by atoms with Crippen molar-refractivity contribution in [2.75, 3.05) is 55.6 Å². The standard InChI is InChI=1S/C25H38N6O3/c1-24(2,3)34-23(33)29-13-7-25(8-14-29)9-15-31(22(25)32)21-17-26-20(16-27-21)30-12-6-19(18-30)28-10-4-5-11-28/h16-17,19H,4-15,18H2,1-3H3/t19-/m0/s1. The van der Waals surface area contributed by atoms with E-state index >= 15 is 0 Å². The maximum atomic E-state index is 13.4. The summed E-state index contributed by atoms with van der Waals surface area (Å²) in [4.78, 5) is 43.6. The molecule has 1 aromatic rings. The van der Waals surface area contributed by atoms with Gasteiger partial charge in [0.2, 0.25) is 5.91 Å². The minimum Gasteiger partial charge on any atom is -0.444 e. The second-order valence-corrected chi connectivity index (χ2v) is 11.3. The molecule has 4 saturated heterocycles. The summed E-state index contributed by atoms with van der Waals surface area (Å²) >= 11 is 0. The Balaban J connectivity index is 1.18. The highest BCUT2D eigenvalue weighted by atomic mass is 16.6. The van der Waals surface area contributed by atoms with E-state index in [1.165, 1.54) is 32.4 Å². The van der Waals surface area contributed by atoms with E-state index in [-0.39, 0.29) is 12.0 Å². The van der Waals surface area contributed by atoms with E-state index in [4.69, 9.17) is 4.74 Å². The third kappa shape index (κ3) is 4.59. The fourth-order valence-electron chi connectivity index (χ4n) is 5.92. The Hall–Kier alpha value is -2.42. The maximum absolute atomic E-state index is 13.4. The van der Waals surface area contributed by atoms with Gasteiger partial charge in [-0.3, -0.25) is 14.6 Å². The van der Waals surface area contributed by atoms with Gasteiger partial charge in [0.1, 0.15) is 11.4 Å². The highest BCUT2D eigenvalue weighted by Gasteiger charge is 2.49. The number of likely N-dealkylation sites (tertiary alicyclic amines) is 2. The van der Waals surface area contributed by atoms with Gasteiger partial charge in [0.15, 0.2) is 5.82 Å². The molecule has 4 aliphatic rings. The number of hydrogen-bond acceptors (Lipinski definition) is 7. The van der Waals surface area contributed by atoms with Gasteiger partial charge in [-0.25, -0.2) is 14.8 Å². The van der Waals surface area contributed by atoms with E-state index in [1.807, 2.05) is 27.0 Å². The first kappa shape index (κ1) is 23.3. The van der Waals surface area contributed by atoms with Crippen LogP contribution < -0.4 is 9.80 Å². The van der Waals surface area contributed by atoms with E-state index in [2.05, 4.69) is 19.8 Å². The number of anilines is 2. The minimum atomic E-state index is -0.513. The Morgan fingerprint density at radius 3 is 2.26 bits per heavy atom. The molecule has 34 heavy (non-hydrogen) atoms. The number of ether oxygens (including phenoxy) is 1. The zero-order chi connectivity index (χ0) is 23.9. The van der Waals surface area contributed by atoms with Gasteiger partial charge in [-0.1, -0.05) is 0 Å².